The first-order valence-corrected chi connectivity index (χ1v) is 7.48. The summed E-state index contributed by atoms with van der Waals surface area (Å²) >= 11 is 0. The highest BCUT2D eigenvalue weighted by Crippen LogP contribution is 2.15. The van der Waals surface area contributed by atoms with Crippen LogP contribution in [-0.2, 0) is 23.1 Å². The lowest BCUT2D eigenvalue weighted by molar-refractivity contribution is -0.138. The number of hydrogen-bond acceptors (Lipinski definition) is 3. The van der Waals surface area contributed by atoms with Gasteiger partial charge in [0, 0.05) is 40.2 Å². The number of hydrogen-bond donors (Lipinski definition) is 0. The van der Waals surface area contributed by atoms with Crippen LogP contribution in [-0.4, -0.2) is 57.3 Å². The molecule has 6 heteroatoms. The number of fused-ring (bicyclic) bond motifs is 1. The molecule has 1 aliphatic heterocycles. The van der Waals surface area contributed by atoms with Gasteiger partial charge < -0.3 is 14.4 Å². The third-order valence-electron chi connectivity index (χ3n) is 4.22. The van der Waals surface area contributed by atoms with Crippen molar-refractivity contribution >= 4 is 22.8 Å². The number of rotatable bonds is 2. The van der Waals surface area contributed by atoms with Crippen LogP contribution in [0.25, 0.3) is 11.0 Å². The number of carbonyl (C=O) groups excluding carboxylic acids is 2. The quantitative estimate of drug-likeness (QED) is 0.824. The molecule has 2 aromatic rings. The fourth-order valence-electron chi connectivity index (χ4n) is 2.85. The summed E-state index contributed by atoms with van der Waals surface area (Å²) in [5.41, 5.74) is 2.95. The van der Waals surface area contributed by atoms with Gasteiger partial charge >= 0.3 is 0 Å². The third kappa shape index (κ3) is 2.81. The van der Waals surface area contributed by atoms with E-state index in [2.05, 4.69) is 4.98 Å². The molecule has 6 nitrogen and oxygen atoms in total. The van der Waals surface area contributed by atoms with Gasteiger partial charge in [0.2, 0.25) is 11.8 Å². The van der Waals surface area contributed by atoms with Gasteiger partial charge in [0.1, 0.15) is 0 Å². The molecule has 0 radical (unpaired) electrons. The molecule has 0 atom stereocenters. The Bertz CT molecular complexity index is 714. The van der Waals surface area contributed by atoms with Crippen LogP contribution in [0.4, 0.5) is 0 Å². The van der Waals surface area contributed by atoms with Crippen LogP contribution in [0.15, 0.2) is 24.5 Å². The van der Waals surface area contributed by atoms with Gasteiger partial charge in [-0.05, 0) is 17.7 Å². The van der Waals surface area contributed by atoms with Crippen molar-refractivity contribution < 1.29 is 9.59 Å². The maximum absolute atomic E-state index is 12.4. The molecular formula is C16H20N4O2. The van der Waals surface area contributed by atoms with E-state index in [1.807, 2.05) is 34.7 Å². The van der Waals surface area contributed by atoms with Crippen LogP contribution in [0, 0.1) is 0 Å². The van der Waals surface area contributed by atoms with Gasteiger partial charge in [0.15, 0.2) is 0 Å². The van der Waals surface area contributed by atoms with Crippen molar-refractivity contribution in [2.45, 2.75) is 13.3 Å². The van der Waals surface area contributed by atoms with E-state index in [9.17, 15) is 9.59 Å². The molecule has 116 valence electrons. The summed E-state index contributed by atoms with van der Waals surface area (Å²) in [7, 11) is 1.95. The Morgan fingerprint density at radius 1 is 1.14 bits per heavy atom. The van der Waals surface area contributed by atoms with Crippen LogP contribution in [0.1, 0.15) is 12.5 Å². The zero-order valence-electron chi connectivity index (χ0n) is 13.0. The van der Waals surface area contributed by atoms with E-state index < -0.39 is 0 Å². The molecule has 0 aliphatic carbocycles. The van der Waals surface area contributed by atoms with E-state index in [0.717, 1.165) is 16.6 Å². The number of aryl methyl sites for hydroxylation is 1. The highest BCUT2D eigenvalue weighted by Gasteiger charge is 2.22. The number of amides is 2. The second kappa shape index (κ2) is 5.79. The number of nitrogens with zero attached hydrogens (tertiary/aromatic N) is 4. The minimum atomic E-state index is 0.0766. The molecule has 0 N–H and O–H groups in total. The summed E-state index contributed by atoms with van der Waals surface area (Å²) in [5.74, 6) is 0.186. The Hall–Kier alpha value is -2.37. The summed E-state index contributed by atoms with van der Waals surface area (Å²) in [5, 5.41) is 0. The van der Waals surface area contributed by atoms with Crippen molar-refractivity contribution in [2.75, 3.05) is 26.2 Å². The first-order valence-electron chi connectivity index (χ1n) is 7.48. The monoisotopic (exact) mass is 300 g/mol. The van der Waals surface area contributed by atoms with Crippen LogP contribution in [0.5, 0.6) is 0 Å². The Morgan fingerprint density at radius 2 is 1.82 bits per heavy atom. The summed E-state index contributed by atoms with van der Waals surface area (Å²) in [6.07, 6.45) is 2.16. The molecule has 0 spiro atoms. The molecule has 2 heterocycles. The molecule has 1 fully saturated rings. The predicted octanol–water partition coefficient (Wildman–Crippen LogP) is 0.806. The predicted molar refractivity (Wildman–Crippen MR) is 83.3 cm³/mol. The van der Waals surface area contributed by atoms with Crippen molar-refractivity contribution in [3.8, 4) is 0 Å². The summed E-state index contributed by atoms with van der Waals surface area (Å²) < 4.78 is 1.96. The Kier molecular flexibility index (Phi) is 3.83. The Labute approximate surface area is 129 Å². The van der Waals surface area contributed by atoms with Crippen molar-refractivity contribution in [1.82, 2.24) is 19.4 Å². The van der Waals surface area contributed by atoms with Crippen LogP contribution < -0.4 is 0 Å². The number of aromatic nitrogens is 2. The van der Waals surface area contributed by atoms with Crippen molar-refractivity contribution in [1.29, 1.82) is 0 Å². The fourth-order valence-corrected chi connectivity index (χ4v) is 2.85. The average Bonchev–Trinajstić information content (AvgIpc) is 2.88. The maximum Gasteiger partial charge on any atom is 0.227 e. The van der Waals surface area contributed by atoms with Crippen molar-refractivity contribution in [3.63, 3.8) is 0 Å². The maximum atomic E-state index is 12.4. The van der Waals surface area contributed by atoms with Crippen LogP contribution in [0.2, 0.25) is 0 Å². The Morgan fingerprint density at radius 3 is 2.50 bits per heavy atom. The minimum Gasteiger partial charge on any atom is -0.339 e. The standard InChI is InChI=1S/C16H20N4O2/c1-12(21)19-5-7-20(8-6-19)16(22)10-13-3-4-15-14(9-13)17-11-18(15)2/h3-4,9,11H,5-8,10H2,1-2H3. The molecule has 0 bridgehead atoms. The van der Waals surface area contributed by atoms with E-state index in [0.29, 0.717) is 32.6 Å². The van der Waals surface area contributed by atoms with Gasteiger partial charge in [-0.3, -0.25) is 9.59 Å². The fraction of sp³-hybridized carbons (Fsp3) is 0.438. The van der Waals surface area contributed by atoms with Gasteiger partial charge in [-0.15, -0.1) is 0 Å². The van der Waals surface area contributed by atoms with Crippen molar-refractivity contribution in [3.05, 3.63) is 30.1 Å². The molecule has 1 aliphatic rings. The normalized spacial score (nSPS) is 15.4. The summed E-state index contributed by atoms with van der Waals surface area (Å²) in [4.78, 5) is 31.6. The van der Waals surface area contributed by atoms with Gasteiger partial charge in [0.05, 0.1) is 23.8 Å². The van der Waals surface area contributed by atoms with E-state index in [-0.39, 0.29) is 11.8 Å². The van der Waals surface area contributed by atoms with E-state index >= 15 is 0 Å². The molecule has 1 aromatic carbocycles. The largest absolute Gasteiger partial charge is 0.339 e. The summed E-state index contributed by atoms with van der Waals surface area (Å²) in [6.45, 7) is 4.05. The third-order valence-corrected chi connectivity index (χ3v) is 4.22. The first kappa shape index (κ1) is 14.6. The topological polar surface area (TPSA) is 58.4 Å². The molecular weight excluding hydrogens is 280 g/mol. The first-order chi connectivity index (χ1) is 10.5. The SMILES string of the molecule is CC(=O)N1CCN(C(=O)Cc2ccc3c(c2)ncn3C)CC1. The molecule has 3 rings (SSSR count). The van der Waals surface area contributed by atoms with E-state index in [1.165, 1.54) is 0 Å². The second-order valence-corrected chi connectivity index (χ2v) is 5.74. The molecule has 22 heavy (non-hydrogen) atoms. The van der Waals surface area contributed by atoms with Gasteiger partial charge in [-0.2, -0.15) is 0 Å². The van der Waals surface area contributed by atoms with Crippen molar-refractivity contribution in [2.24, 2.45) is 7.05 Å². The van der Waals surface area contributed by atoms with E-state index in [1.54, 1.807) is 18.2 Å². The van der Waals surface area contributed by atoms with Crippen LogP contribution in [0.3, 0.4) is 0 Å². The minimum absolute atomic E-state index is 0.0766. The molecule has 0 unspecified atom stereocenters. The molecule has 2 amide bonds. The molecule has 1 aromatic heterocycles. The lowest BCUT2D eigenvalue weighted by Crippen LogP contribution is -2.50. The molecule has 0 saturated carbocycles. The molecule has 1 saturated heterocycles. The second-order valence-electron chi connectivity index (χ2n) is 5.74. The van der Waals surface area contributed by atoms with Gasteiger partial charge in [-0.25, -0.2) is 4.98 Å². The zero-order chi connectivity index (χ0) is 15.7. The van der Waals surface area contributed by atoms with E-state index in [4.69, 9.17) is 0 Å². The highest BCUT2D eigenvalue weighted by molar-refractivity contribution is 5.82. The highest BCUT2D eigenvalue weighted by atomic mass is 16.2. The van der Waals surface area contributed by atoms with Gasteiger partial charge in [0.25, 0.3) is 0 Å². The zero-order valence-corrected chi connectivity index (χ0v) is 13.0. The smallest absolute Gasteiger partial charge is 0.227 e. The Balaban J connectivity index is 1.64. The summed E-state index contributed by atoms with van der Waals surface area (Å²) in [6, 6.07) is 5.95. The lowest BCUT2D eigenvalue weighted by atomic mass is 10.1. The number of imidazole rings is 1. The lowest BCUT2D eigenvalue weighted by Gasteiger charge is -2.34. The number of benzene rings is 1. The number of piperazine rings is 1. The van der Waals surface area contributed by atoms with Gasteiger partial charge in [-0.1, -0.05) is 6.07 Å². The average molecular weight is 300 g/mol. The van der Waals surface area contributed by atoms with Crippen LogP contribution >= 0.6 is 0 Å². The number of carbonyl (C=O) groups is 2.